The Bertz CT molecular complexity index is 258. The molecule has 0 spiro atoms. The Balaban J connectivity index is 2.40. The Morgan fingerprint density at radius 1 is 1.50 bits per heavy atom. The Morgan fingerprint density at radius 2 is 2.17 bits per heavy atom. The molecule has 3 atom stereocenters. The number of Topliss-reactive ketones (excluding diaryl/α,β-unsaturated/α-hetero) is 2. The molecular weight excluding hydrogens is 156 g/mol. The van der Waals surface area contributed by atoms with Gasteiger partial charge < -0.3 is 5.11 Å². The van der Waals surface area contributed by atoms with Gasteiger partial charge in [0.25, 0.3) is 0 Å². The van der Waals surface area contributed by atoms with Gasteiger partial charge in [-0.15, -0.1) is 0 Å². The van der Waals surface area contributed by atoms with Gasteiger partial charge in [0.2, 0.25) is 0 Å². The van der Waals surface area contributed by atoms with E-state index in [0.717, 1.165) is 0 Å². The van der Waals surface area contributed by atoms with E-state index in [1.165, 1.54) is 0 Å². The quantitative estimate of drug-likeness (QED) is 0.529. The summed E-state index contributed by atoms with van der Waals surface area (Å²) in [5, 5.41) is 9.43. The van der Waals surface area contributed by atoms with Crippen molar-refractivity contribution in [3.8, 4) is 0 Å². The van der Waals surface area contributed by atoms with E-state index in [9.17, 15) is 14.7 Å². The zero-order chi connectivity index (χ0) is 8.93. The van der Waals surface area contributed by atoms with Gasteiger partial charge >= 0.3 is 0 Å². The third kappa shape index (κ3) is 0.746. The number of rotatable bonds is 0. The molecule has 12 heavy (non-hydrogen) atoms. The second kappa shape index (κ2) is 2.16. The summed E-state index contributed by atoms with van der Waals surface area (Å²) in [5.74, 6) is -0.406. The summed E-state index contributed by atoms with van der Waals surface area (Å²) in [6.45, 7) is 1.71. The van der Waals surface area contributed by atoms with E-state index in [1.807, 2.05) is 0 Å². The second-order valence-electron chi connectivity index (χ2n) is 4.04. The predicted octanol–water partition coefficient (Wildman–Crippen LogP) is 0.305. The summed E-state index contributed by atoms with van der Waals surface area (Å²) >= 11 is 0. The van der Waals surface area contributed by atoms with Crippen LogP contribution in [-0.2, 0) is 9.59 Å². The molecule has 2 bridgehead atoms. The van der Waals surface area contributed by atoms with Crippen molar-refractivity contribution in [2.75, 3.05) is 0 Å². The van der Waals surface area contributed by atoms with Crippen LogP contribution in [0.2, 0.25) is 0 Å². The molecule has 0 radical (unpaired) electrons. The standard InChI is InChI=1S/C9H12O3/c1-9-3-2-6(10)5(8(9)12)4-7(9)11/h5-6,10H,2-4H2,1H3/t5-,6+,9-/m1/s1. The molecule has 0 aromatic heterocycles. The van der Waals surface area contributed by atoms with Gasteiger partial charge in [-0.1, -0.05) is 0 Å². The van der Waals surface area contributed by atoms with Crippen LogP contribution in [-0.4, -0.2) is 22.8 Å². The third-order valence-electron chi connectivity index (χ3n) is 3.31. The van der Waals surface area contributed by atoms with Crippen molar-refractivity contribution in [2.24, 2.45) is 11.3 Å². The maximum atomic E-state index is 11.5. The largest absolute Gasteiger partial charge is 0.392 e. The van der Waals surface area contributed by atoms with Crippen LogP contribution < -0.4 is 0 Å². The van der Waals surface area contributed by atoms with E-state index >= 15 is 0 Å². The lowest BCUT2D eigenvalue weighted by Gasteiger charge is -2.28. The molecule has 0 saturated heterocycles. The molecule has 2 fully saturated rings. The van der Waals surface area contributed by atoms with E-state index in [4.69, 9.17) is 0 Å². The molecule has 0 heterocycles. The van der Waals surface area contributed by atoms with Crippen molar-refractivity contribution in [2.45, 2.75) is 32.3 Å². The monoisotopic (exact) mass is 168 g/mol. The Kier molecular flexibility index (Phi) is 1.43. The highest BCUT2D eigenvalue weighted by atomic mass is 16.3. The first kappa shape index (κ1) is 7.92. The molecule has 0 aliphatic heterocycles. The average molecular weight is 168 g/mol. The maximum Gasteiger partial charge on any atom is 0.152 e. The highest BCUT2D eigenvalue weighted by Gasteiger charge is 2.56. The van der Waals surface area contributed by atoms with E-state index in [1.54, 1.807) is 6.92 Å². The normalized spacial score (nSPS) is 46.8. The van der Waals surface area contributed by atoms with Crippen LogP contribution in [0.1, 0.15) is 26.2 Å². The van der Waals surface area contributed by atoms with Gasteiger partial charge in [0.15, 0.2) is 5.78 Å². The first-order valence-electron chi connectivity index (χ1n) is 4.31. The number of fused-ring (bicyclic) bond motifs is 2. The summed E-state index contributed by atoms with van der Waals surface area (Å²) in [6, 6.07) is 0. The zero-order valence-corrected chi connectivity index (χ0v) is 7.04. The van der Waals surface area contributed by atoms with Gasteiger partial charge in [-0.3, -0.25) is 9.59 Å². The fourth-order valence-corrected chi connectivity index (χ4v) is 2.28. The van der Waals surface area contributed by atoms with Crippen molar-refractivity contribution in [1.29, 1.82) is 0 Å². The van der Waals surface area contributed by atoms with Crippen molar-refractivity contribution in [1.82, 2.24) is 0 Å². The summed E-state index contributed by atoms with van der Waals surface area (Å²) in [7, 11) is 0. The van der Waals surface area contributed by atoms with E-state index in [-0.39, 0.29) is 18.0 Å². The highest BCUT2D eigenvalue weighted by Crippen LogP contribution is 2.45. The van der Waals surface area contributed by atoms with E-state index in [0.29, 0.717) is 12.8 Å². The minimum Gasteiger partial charge on any atom is -0.392 e. The first-order chi connectivity index (χ1) is 5.55. The molecule has 2 aliphatic carbocycles. The predicted molar refractivity (Wildman–Crippen MR) is 41.5 cm³/mol. The van der Waals surface area contributed by atoms with Crippen LogP contribution in [0, 0.1) is 11.3 Å². The summed E-state index contributed by atoms with van der Waals surface area (Å²) in [6.07, 6.45) is 0.814. The molecule has 0 amide bonds. The lowest BCUT2D eigenvalue weighted by molar-refractivity contribution is -0.139. The number of aliphatic hydroxyl groups is 1. The Hall–Kier alpha value is -0.700. The fourth-order valence-electron chi connectivity index (χ4n) is 2.28. The van der Waals surface area contributed by atoms with Crippen molar-refractivity contribution < 1.29 is 14.7 Å². The number of carbonyl (C=O) groups excluding carboxylic acids is 2. The van der Waals surface area contributed by atoms with Crippen molar-refractivity contribution >= 4 is 11.6 Å². The van der Waals surface area contributed by atoms with Crippen molar-refractivity contribution in [3.05, 3.63) is 0 Å². The van der Waals surface area contributed by atoms with Gasteiger partial charge in [0.05, 0.1) is 17.4 Å². The number of carbonyl (C=O) groups is 2. The molecule has 2 rings (SSSR count). The lowest BCUT2D eigenvalue weighted by Crippen LogP contribution is -2.39. The second-order valence-corrected chi connectivity index (χ2v) is 4.04. The summed E-state index contributed by atoms with van der Waals surface area (Å²) < 4.78 is 0. The molecule has 1 N–H and O–H groups in total. The van der Waals surface area contributed by atoms with Crippen LogP contribution >= 0.6 is 0 Å². The molecular formula is C9H12O3. The number of ketones is 2. The van der Waals surface area contributed by atoms with Gasteiger partial charge in [0.1, 0.15) is 5.78 Å². The lowest BCUT2D eigenvalue weighted by atomic mass is 9.75. The molecule has 3 nitrogen and oxygen atoms in total. The Morgan fingerprint density at radius 3 is 2.75 bits per heavy atom. The van der Waals surface area contributed by atoms with Gasteiger partial charge in [-0.05, 0) is 19.8 Å². The van der Waals surface area contributed by atoms with Crippen LogP contribution in [0.3, 0.4) is 0 Å². The summed E-state index contributed by atoms with van der Waals surface area (Å²) in [5.41, 5.74) is -0.746. The van der Waals surface area contributed by atoms with Gasteiger partial charge in [-0.2, -0.15) is 0 Å². The van der Waals surface area contributed by atoms with E-state index < -0.39 is 17.4 Å². The smallest absolute Gasteiger partial charge is 0.152 e. The SMILES string of the molecule is C[C@@]12CC[C@H](O)[C@@H](CC1=O)C2=O. The fraction of sp³-hybridized carbons (Fsp3) is 0.778. The Labute approximate surface area is 70.8 Å². The molecule has 0 aromatic carbocycles. The molecule has 3 heteroatoms. The first-order valence-corrected chi connectivity index (χ1v) is 4.31. The molecule has 66 valence electrons. The zero-order valence-electron chi connectivity index (χ0n) is 7.04. The van der Waals surface area contributed by atoms with E-state index in [2.05, 4.69) is 0 Å². The molecule has 2 saturated carbocycles. The average Bonchev–Trinajstić information content (AvgIpc) is 2.17. The minimum absolute atomic E-state index is 0.0223. The molecule has 2 aliphatic rings. The highest BCUT2D eigenvalue weighted by molar-refractivity contribution is 6.14. The van der Waals surface area contributed by atoms with Crippen LogP contribution in [0.5, 0.6) is 0 Å². The van der Waals surface area contributed by atoms with Crippen LogP contribution in [0.25, 0.3) is 0 Å². The van der Waals surface area contributed by atoms with Crippen LogP contribution in [0.15, 0.2) is 0 Å². The van der Waals surface area contributed by atoms with Gasteiger partial charge in [-0.25, -0.2) is 0 Å². The van der Waals surface area contributed by atoms with Gasteiger partial charge in [0, 0.05) is 6.42 Å². The molecule has 0 unspecified atom stereocenters. The molecule has 0 aromatic rings. The number of hydrogen-bond acceptors (Lipinski definition) is 3. The third-order valence-corrected chi connectivity index (χ3v) is 3.31. The topological polar surface area (TPSA) is 54.4 Å². The minimum atomic E-state index is -0.746. The number of aliphatic hydroxyl groups excluding tert-OH is 1. The van der Waals surface area contributed by atoms with Crippen LogP contribution in [0.4, 0.5) is 0 Å². The number of hydrogen-bond donors (Lipinski definition) is 1. The van der Waals surface area contributed by atoms with Crippen molar-refractivity contribution in [3.63, 3.8) is 0 Å². The summed E-state index contributed by atoms with van der Waals surface area (Å²) in [4.78, 5) is 23.0. The maximum absolute atomic E-state index is 11.5.